The van der Waals surface area contributed by atoms with Crippen molar-refractivity contribution in [2.45, 2.75) is 25.0 Å². The van der Waals surface area contributed by atoms with E-state index >= 15 is 0 Å². The van der Waals surface area contributed by atoms with Crippen molar-refractivity contribution in [1.29, 1.82) is 0 Å². The number of rotatable bonds is 2. The lowest BCUT2D eigenvalue weighted by molar-refractivity contribution is -0.0468. The molecule has 2 rings (SSSR count). The topological polar surface area (TPSA) is 50.5 Å². The van der Waals surface area contributed by atoms with Crippen LogP contribution >= 0.6 is 0 Å². The van der Waals surface area contributed by atoms with Gasteiger partial charge in [0.2, 0.25) is 0 Å². The van der Waals surface area contributed by atoms with Gasteiger partial charge in [0.15, 0.2) is 0 Å². The molecule has 0 aliphatic carbocycles. The minimum Gasteiger partial charge on any atom is -0.374 e. The Kier molecular flexibility index (Phi) is 2.60. The summed E-state index contributed by atoms with van der Waals surface area (Å²) in [6.07, 6.45) is 2.93. The largest absolute Gasteiger partial charge is 0.374 e. The second kappa shape index (κ2) is 3.70. The monoisotopic (exact) mass is 171 g/mol. The van der Waals surface area contributed by atoms with Gasteiger partial charge in [0.25, 0.3) is 0 Å². The Labute approximate surface area is 73.0 Å². The van der Waals surface area contributed by atoms with Crippen LogP contribution in [0, 0.1) is 0 Å². The first kappa shape index (κ1) is 8.44. The molecule has 2 atom stereocenters. The van der Waals surface area contributed by atoms with Crippen molar-refractivity contribution in [2.75, 3.05) is 26.2 Å². The molecule has 2 aliphatic rings. The molecule has 70 valence electrons. The smallest absolute Gasteiger partial charge is 0.0840 e. The number of nitrogens with zero attached hydrogens (tertiary/aromatic N) is 1. The Balaban J connectivity index is 1.84. The van der Waals surface area contributed by atoms with Gasteiger partial charge in [-0.25, -0.2) is 0 Å². The fraction of sp³-hybridized carbons (Fsp3) is 1.00. The van der Waals surface area contributed by atoms with Gasteiger partial charge in [-0.1, -0.05) is 0 Å². The van der Waals surface area contributed by atoms with E-state index in [4.69, 9.17) is 10.6 Å². The Bertz CT molecular complexity index is 153. The summed E-state index contributed by atoms with van der Waals surface area (Å²) < 4.78 is 5.65. The first-order valence-corrected chi connectivity index (χ1v) is 4.69. The molecule has 4 nitrogen and oxygen atoms in total. The minimum atomic E-state index is 0.296. The Hall–Kier alpha value is -0.160. The van der Waals surface area contributed by atoms with E-state index < -0.39 is 0 Å². The predicted molar refractivity (Wildman–Crippen MR) is 46.5 cm³/mol. The summed E-state index contributed by atoms with van der Waals surface area (Å²) in [7, 11) is 0. The molecule has 0 spiro atoms. The summed E-state index contributed by atoms with van der Waals surface area (Å²) in [6.45, 7) is 3.96. The van der Waals surface area contributed by atoms with Crippen molar-refractivity contribution >= 4 is 0 Å². The van der Waals surface area contributed by atoms with E-state index in [9.17, 15) is 0 Å². The van der Waals surface area contributed by atoms with Crippen LogP contribution in [0.3, 0.4) is 0 Å². The third-order valence-corrected chi connectivity index (χ3v) is 2.81. The SMILES string of the molecule is NNCC1CN2CCCC2CO1. The number of nitrogens with one attached hydrogen (secondary N) is 1. The standard InChI is InChI=1S/C8H17N3O/c9-10-4-8-5-11-3-1-2-7(11)6-12-8/h7-8,10H,1-6,9H2. The van der Waals surface area contributed by atoms with Gasteiger partial charge in [-0.05, 0) is 19.4 Å². The maximum atomic E-state index is 5.65. The molecular formula is C8H17N3O. The number of nitrogens with two attached hydrogens (primary N) is 1. The quantitative estimate of drug-likeness (QED) is 0.426. The molecule has 0 aromatic carbocycles. The summed E-state index contributed by atoms with van der Waals surface area (Å²) in [5.41, 5.74) is 2.67. The van der Waals surface area contributed by atoms with Crippen LogP contribution in [0.1, 0.15) is 12.8 Å². The maximum absolute atomic E-state index is 5.65. The van der Waals surface area contributed by atoms with Gasteiger partial charge in [-0.3, -0.25) is 16.2 Å². The average molecular weight is 171 g/mol. The van der Waals surface area contributed by atoms with Gasteiger partial charge in [-0.15, -0.1) is 0 Å². The van der Waals surface area contributed by atoms with Gasteiger partial charge in [0, 0.05) is 19.1 Å². The molecule has 3 N–H and O–H groups in total. The van der Waals surface area contributed by atoms with Crippen molar-refractivity contribution in [3.05, 3.63) is 0 Å². The normalized spacial score (nSPS) is 36.8. The zero-order valence-electron chi connectivity index (χ0n) is 7.33. The van der Waals surface area contributed by atoms with Crippen LogP contribution in [0.25, 0.3) is 0 Å². The van der Waals surface area contributed by atoms with Gasteiger partial charge in [-0.2, -0.15) is 0 Å². The molecule has 2 fully saturated rings. The third kappa shape index (κ3) is 1.61. The molecular weight excluding hydrogens is 154 g/mol. The van der Waals surface area contributed by atoms with Gasteiger partial charge >= 0.3 is 0 Å². The van der Waals surface area contributed by atoms with Gasteiger partial charge in [0.1, 0.15) is 0 Å². The number of fused-ring (bicyclic) bond motifs is 1. The molecule has 12 heavy (non-hydrogen) atoms. The summed E-state index contributed by atoms with van der Waals surface area (Å²) in [6, 6.07) is 0.694. The number of ether oxygens (including phenoxy) is 1. The van der Waals surface area contributed by atoms with E-state index in [1.807, 2.05) is 0 Å². The van der Waals surface area contributed by atoms with Crippen molar-refractivity contribution < 1.29 is 4.74 Å². The van der Waals surface area contributed by atoms with Gasteiger partial charge in [0.05, 0.1) is 12.7 Å². The highest BCUT2D eigenvalue weighted by atomic mass is 16.5. The number of hydrogen-bond acceptors (Lipinski definition) is 4. The fourth-order valence-electron chi connectivity index (χ4n) is 2.14. The van der Waals surface area contributed by atoms with E-state index in [1.165, 1.54) is 19.4 Å². The van der Waals surface area contributed by atoms with Crippen LogP contribution in [0.2, 0.25) is 0 Å². The van der Waals surface area contributed by atoms with Crippen LogP contribution in [0.5, 0.6) is 0 Å². The lowest BCUT2D eigenvalue weighted by atomic mass is 10.2. The highest BCUT2D eigenvalue weighted by molar-refractivity contribution is 4.85. The molecule has 0 aromatic heterocycles. The third-order valence-electron chi connectivity index (χ3n) is 2.81. The fourth-order valence-corrected chi connectivity index (χ4v) is 2.14. The second-order valence-corrected chi connectivity index (χ2v) is 3.65. The van der Waals surface area contributed by atoms with Crippen molar-refractivity contribution in [3.63, 3.8) is 0 Å². The first-order valence-electron chi connectivity index (χ1n) is 4.69. The average Bonchev–Trinajstić information content (AvgIpc) is 2.51. The summed E-state index contributed by atoms with van der Waals surface area (Å²) in [5.74, 6) is 5.25. The maximum Gasteiger partial charge on any atom is 0.0840 e. The van der Waals surface area contributed by atoms with Gasteiger partial charge < -0.3 is 4.74 Å². The van der Waals surface area contributed by atoms with Crippen LogP contribution in [-0.2, 0) is 4.74 Å². The summed E-state index contributed by atoms with van der Waals surface area (Å²) in [5, 5.41) is 0. The Morgan fingerprint density at radius 3 is 3.33 bits per heavy atom. The highest BCUT2D eigenvalue weighted by Gasteiger charge is 2.31. The Morgan fingerprint density at radius 1 is 1.58 bits per heavy atom. The van der Waals surface area contributed by atoms with Crippen LogP contribution in [0.4, 0.5) is 0 Å². The molecule has 2 unspecified atom stereocenters. The van der Waals surface area contributed by atoms with Crippen molar-refractivity contribution in [3.8, 4) is 0 Å². The first-order chi connectivity index (χ1) is 5.90. The lowest BCUT2D eigenvalue weighted by Gasteiger charge is -2.34. The van der Waals surface area contributed by atoms with E-state index in [1.54, 1.807) is 0 Å². The highest BCUT2D eigenvalue weighted by Crippen LogP contribution is 2.21. The van der Waals surface area contributed by atoms with Crippen molar-refractivity contribution in [2.24, 2.45) is 5.84 Å². The minimum absolute atomic E-state index is 0.296. The van der Waals surface area contributed by atoms with E-state index in [0.29, 0.717) is 12.1 Å². The summed E-state index contributed by atoms with van der Waals surface area (Å²) in [4.78, 5) is 2.52. The molecule has 0 bridgehead atoms. The zero-order chi connectivity index (χ0) is 8.39. The molecule has 2 aliphatic heterocycles. The van der Waals surface area contributed by atoms with Crippen molar-refractivity contribution in [1.82, 2.24) is 10.3 Å². The molecule has 0 amide bonds. The Morgan fingerprint density at radius 2 is 2.50 bits per heavy atom. The molecule has 2 heterocycles. The molecule has 0 saturated carbocycles. The van der Waals surface area contributed by atoms with E-state index in [2.05, 4.69) is 10.3 Å². The van der Waals surface area contributed by atoms with E-state index in [0.717, 1.165) is 19.7 Å². The molecule has 0 aromatic rings. The predicted octanol–water partition coefficient (Wildman–Crippen LogP) is -0.687. The molecule has 0 radical (unpaired) electrons. The number of morpholine rings is 1. The second-order valence-electron chi connectivity index (χ2n) is 3.65. The number of hydrogen-bond donors (Lipinski definition) is 2. The molecule has 4 heteroatoms. The van der Waals surface area contributed by atoms with E-state index in [-0.39, 0.29) is 0 Å². The summed E-state index contributed by atoms with van der Waals surface area (Å²) >= 11 is 0. The number of hydrazine groups is 1. The molecule has 2 saturated heterocycles. The zero-order valence-corrected chi connectivity index (χ0v) is 7.33. The van der Waals surface area contributed by atoms with Crippen LogP contribution < -0.4 is 11.3 Å². The van der Waals surface area contributed by atoms with Crippen LogP contribution in [-0.4, -0.2) is 43.3 Å². The lowest BCUT2D eigenvalue weighted by Crippen LogP contribution is -2.50. The van der Waals surface area contributed by atoms with Crippen LogP contribution in [0.15, 0.2) is 0 Å².